The van der Waals surface area contributed by atoms with Gasteiger partial charge >= 0.3 is 5.97 Å². The van der Waals surface area contributed by atoms with Crippen molar-refractivity contribution in [2.75, 3.05) is 0 Å². The zero-order chi connectivity index (χ0) is 13.4. The highest BCUT2D eigenvalue weighted by atomic mass is 79.9. The molecular formula is C14H10BrNO3. The Bertz CT molecular complexity index is 757. The van der Waals surface area contributed by atoms with E-state index in [2.05, 4.69) is 15.9 Å². The summed E-state index contributed by atoms with van der Waals surface area (Å²) in [7, 11) is 0. The van der Waals surface area contributed by atoms with Crippen molar-refractivity contribution in [2.45, 2.75) is 6.54 Å². The molecule has 0 unspecified atom stereocenters. The Morgan fingerprint density at radius 2 is 2.16 bits per heavy atom. The third kappa shape index (κ3) is 2.17. The Morgan fingerprint density at radius 3 is 2.89 bits per heavy atom. The van der Waals surface area contributed by atoms with Gasteiger partial charge in [-0.2, -0.15) is 0 Å². The molecule has 96 valence electrons. The summed E-state index contributed by atoms with van der Waals surface area (Å²) in [6.07, 6.45) is 3.23. The summed E-state index contributed by atoms with van der Waals surface area (Å²) in [4.78, 5) is 10.8. The molecule has 0 aliphatic carbocycles. The van der Waals surface area contributed by atoms with Gasteiger partial charge in [0, 0.05) is 21.6 Å². The van der Waals surface area contributed by atoms with Gasteiger partial charge in [-0.15, -0.1) is 0 Å². The van der Waals surface area contributed by atoms with E-state index in [-0.39, 0.29) is 5.56 Å². The van der Waals surface area contributed by atoms with Gasteiger partial charge in [0.1, 0.15) is 12.0 Å². The fourth-order valence-corrected chi connectivity index (χ4v) is 2.66. The van der Waals surface area contributed by atoms with E-state index in [1.165, 1.54) is 6.26 Å². The van der Waals surface area contributed by atoms with Gasteiger partial charge in [0.2, 0.25) is 0 Å². The standard InChI is InChI=1S/C14H10BrNO3/c15-12-7-16(13-4-2-1-3-11(12)13)6-10-5-9(8-19-10)14(17)18/h1-5,7-8H,6H2,(H,17,18). The first-order valence-electron chi connectivity index (χ1n) is 5.69. The zero-order valence-corrected chi connectivity index (χ0v) is 11.4. The Balaban J connectivity index is 1.98. The minimum Gasteiger partial charge on any atom is -0.478 e. The predicted octanol–water partition coefficient (Wildman–Crippen LogP) is 3.74. The van der Waals surface area contributed by atoms with Crippen molar-refractivity contribution < 1.29 is 14.3 Å². The maximum absolute atomic E-state index is 10.8. The third-order valence-corrected chi connectivity index (χ3v) is 3.60. The number of rotatable bonds is 3. The van der Waals surface area contributed by atoms with E-state index in [1.54, 1.807) is 6.07 Å². The molecular weight excluding hydrogens is 310 g/mol. The molecule has 1 aromatic carbocycles. The average molecular weight is 320 g/mol. The normalized spacial score (nSPS) is 11.0. The maximum atomic E-state index is 10.8. The molecule has 0 saturated heterocycles. The second-order valence-electron chi connectivity index (χ2n) is 4.23. The van der Waals surface area contributed by atoms with Crippen molar-refractivity contribution in [3.05, 3.63) is 58.6 Å². The van der Waals surface area contributed by atoms with Crippen LogP contribution in [-0.4, -0.2) is 15.6 Å². The number of carbonyl (C=O) groups is 1. The lowest BCUT2D eigenvalue weighted by Crippen LogP contribution is -1.97. The van der Waals surface area contributed by atoms with E-state index in [1.807, 2.05) is 35.0 Å². The molecule has 4 nitrogen and oxygen atoms in total. The average Bonchev–Trinajstić information content (AvgIpc) is 2.97. The first-order valence-corrected chi connectivity index (χ1v) is 6.48. The number of furan rings is 1. The molecule has 3 rings (SSSR count). The van der Waals surface area contributed by atoms with Gasteiger partial charge in [0.05, 0.1) is 12.1 Å². The van der Waals surface area contributed by atoms with Crippen LogP contribution >= 0.6 is 15.9 Å². The van der Waals surface area contributed by atoms with E-state index in [0.717, 1.165) is 15.4 Å². The number of benzene rings is 1. The first-order chi connectivity index (χ1) is 9.15. The highest BCUT2D eigenvalue weighted by molar-refractivity contribution is 9.10. The van der Waals surface area contributed by atoms with Crippen LogP contribution in [0.25, 0.3) is 10.9 Å². The van der Waals surface area contributed by atoms with Crippen LogP contribution in [0.2, 0.25) is 0 Å². The Hall–Kier alpha value is -2.01. The smallest absolute Gasteiger partial charge is 0.338 e. The minimum atomic E-state index is -0.978. The van der Waals surface area contributed by atoms with E-state index in [0.29, 0.717) is 12.3 Å². The third-order valence-electron chi connectivity index (χ3n) is 2.97. The van der Waals surface area contributed by atoms with Gasteiger partial charge in [0.25, 0.3) is 0 Å². The molecule has 0 fully saturated rings. The van der Waals surface area contributed by atoms with Gasteiger partial charge < -0.3 is 14.1 Å². The van der Waals surface area contributed by atoms with Crippen LogP contribution in [0, 0.1) is 0 Å². The molecule has 1 N–H and O–H groups in total. The van der Waals surface area contributed by atoms with Gasteiger partial charge in [-0.05, 0) is 28.1 Å². The van der Waals surface area contributed by atoms with Crippen LogP contribution in [0.4, 0.5) is 0 Å². The lowest BCUT2D eigenvalue weighted by molar-refractivity contribution is 0.0696. The number of nitrogens with zero attached hydrogens (tertiary/aromatic N) is 1. The number of carboxylic acids is 1. The number of halogens is 1. The van der Waals surface area contributed by atoms with Crippen molar-refractivity contribution in [3.63, 3.8) is 0 Å². The van der Waals surface area contributed by atoms with Crippen molar-refractivity contribution >= 4 is 32.8 Å². The summed E-state index contributed by atoms with van der Waals surface area (Å²) in [6.45, 7) is 0.499. The van der Waals surface area contributed by atoms with Crippen molar-refractivity contribution in [3.8, 4) is 0 Å². The molecule has 19 heavy (non-hydrogen) atoms. The summed E-state index contributed by atoms with van der Waals surface area (Å²) < 4.78 is 8.30. The summed E-state index contributed by atoms with van der Waals surface area (Å²) in [5.41, 5.74) is 1.24. The zero-order valence-electron chi connectivity index (χ0n) is 9.84. The summed E-state index contributed by atoms with van der Waals surface area (Å²) in [5, 5.41) is 9.98. The second-order valence-corrected chi connectivity index (χ2v) is 5.08. The molecule has 0 radical (unpaired) electrons. The largest absolute Gasteiger partial charge is 0.478 e. The summed E-state index contributed by atoms with van der Waals surface area (Å²) in [5.74, 6) is -0.362. The molecule has 0 bridgehead atoms. The maximum Gasteiger partial charge on any atom is 0.338 e. The number of aromatic nitrogens is 1. The minimum absolute atomic E-state index is 0.172. The van der Waals surface area contributed by atoms with E-state index in [9.17, 15) is 4.79 Å². The Kier molecular flexibility index (Phi) is 2.91. The molecule has 0 amide bonds. The quantitative estimate of drug-likeness (QED) is 0.800. The van der Waals surface area contributed by atoms with Crippen molar-refractivity contribution in [1.82, 2.24) is 4.57 Å². The highest BCUT2D eigenvalue weighted by Crippen LogP contribution is 2.26. The Labute approximate surface area is 117 Å². The lowest BCUT2D eigenvalue weighted by Gasteiger charge is -2.01. The number of hydrogen-bond donors (Lipinski definition) is 1. The van der Waals surface area contributed by atoms with Crippen LogP contribution in [0.1, 0.15) is 16.1 Å². The molecule has 5 heteroatoms. The van der Waals surface area contributed by atoms with Crippen LogP contribution in [0.3, 0.4) is 0 Å². The van der Waals surface area contributed by atoms with E-state index >= 15 is 0 Å². The number of hydrogen-bond acceptors (Lipinski definition) is 2. The van der Waals surface area contributed by atoms with Crippen molar-refractivity contribution in [2.24, 2.45) is 0 Å². The lowest BCUT2D eigenvalue weighted by atomic mass is 10.2. The monoisotopic (exact) mass is 319 g/mol. The van der Waals surface area contributed by atoms with Gasteiger partial charge in [0.15, 0.2) is 0 Å². The fraction of sp³-hybridized carbons (Fsp3) is 0.0714. The summed E-state index contributed by atoms with van der Waals surface area (Å²) in [6, 6.07) is 9.54. The van der Waals surface area contributed by atoms with E-state index < -0.39 is 5.97 Å². The summed E-state index contributed by atoms with van der Waals surface area (Å²) >= 11 is 3.51. The fourth-order valence-electron chi connectivity index (χ4n) is 2.08. The predicted molar refractivity (Wildman–Crippen MR) is 74.4 cm³/mol. The molecule has 0 spiro atoms. The SMILES string of the molecule is O=C(O)c1coc(Cn2cc(Br)c3ccccc32)c1. The van der Waals surface area contributed by atoms with E-state index in [4.69, 9.17) is 9.52 Å². The molecule has 3 aromatic rings. The Morgan fingerprint density at radius 1 is 1.37 bits per heavy atom. The highest BCUT2D eigenvalue weighted by Gasteiger charge is 2.11. The topological polar surface area (TPSA) is 55.4 Å². The van der Waals surface area contributed by atoms with Crippen LogP contribution in [0.15, 0.2) is 51.7 Å². The number of fused-ring (bicyclic) bond motifs is 1. The molecule has 2 heterocycles. The van der Waals surface area contributed by atoms with Crippen molar-refractivity contribution in [1.29, 1.82) is 0 Å². The van der Waals surface area contributed by atoms with Crippen LogP contribution < -0.4 is 0 Å². The molecule has 0 aliphatic heterocycles. The van der Waals surface area contributed by atoms with Crippen LogP contribution in [-0.2, 0) is 6.54 Å². The second kappa shape index (κ2) is 4.59. The number of para-hydroxylation sites is 1. The van der Waals surface area contributed by atoms with Gasteiger partial charge in [-0.25, -0.2) is 4.79 Å². The molecule has 0 aliphatic rings. The number of aromatic carboxylic acids is 1. The molecule has 0 atom stereocenters. The van der Waals surface area contributed by atoms with Gasteiger partial charge in [-0.3, -0.25) is 0 Å². The van der Waals surface area contributed by atoms with Gasteiger partial charge in [-0.1, -0.05) is 18.2 Å². The molecule has 2 aromatic heterocycles. The van der Waals surface area contributed by atoms with Crippen LogP contribution in [0.5, 0.6) is 0 Å². The number of carboxylic acid groups (broad SMARTS) is 1. The first kappa shape index (κ1) is 12.0. The molecule has 0 saturated carbocycles.